The average Bonchev–Trinajstić information content (AvgIpc) is 2.34. The van der Waals surface area contributed by atoms with Crippen LogP contribution in [0, 0.1) is 5.92 Å². The Labute approximate surface area is 124 Å². The third-order valence-electron chi connectivity index (χ3n) is 3.53. The van der Waals surface area contributed by atoms with Gasteiger partial charge in [0.25, 0.3) is 0 Å². The molecule has 1 aromatic rings. The van der Waals surface area contributed by atoms with E-state index >= 15 is 0 Å². The number of hydrogen-bond acceptors (Lipinski definition) is 1. The summed E-state index contributed by atoms with van der Waals surface area (Å²) < 4.78 is 1.02. The number of unbranched alkanes of at least 4 members (excludes halogenated alkanes) is 1. The second-order valence-electron chi connectivity index (χ2n) is 4.91. The van der Waals surface area contributed by atoms with Crippen molar-refractivity contribution in [1.82, 2.24) is 0 Å². The molecule has 0 heterocycles. The van der Waals surface area contributed by atoms with E-state index in [1.807, 2.05) is 12.1 Å². The van der Waals surface area contributed by atoms with Crippen LogP contribution >= 0.6 is 27.5 Å². The second kappa shape index (κ2) is 8.19. The van der Waals surface area contributed by atoms with Crippen LogP contribution < -0.4 is 5.73 Å². The molecule has 1 rings (SSSR count). The van der Waals surface area contributed by atoms with Gasteiger partial charge < -0.3 is 5.73 Å². The van der Waals surface area contributed by atoms with Gasteiger partial charge in [-0.3, -0.25) is 0 Å². The van der Waals surface area contributed by atoms with Crippen LogP contribution in [0.4, 0.5) is 0 Å². The van der Waals surface area contributed by atoms with Crippen molar-refractivity contribution in [2.45, 2.75) is 52.0 Å². The van der Waals surface area contributed by atoms with Crippen LogP contribution in [0.2, 0.25) is 5.02 Å². The van der Waals surface area contributed by atoms with Crippen LogP contribution in [-0.2, 0) is 6.42 Å². The lowest BCUT2D eigenvalue weighted by Gasteiger charge is -2.23. The third kappa shape index (κ3) is 4.91. The zero-order chi connectivity index (χ0) is 13.5. The highest BCUT2D eigenvalue weighted by molar-refractivity contribution is 9.10. The average molecular weight is 333 g/mol. The molecule has 0 aliphatic heterocycles. The van der Waals surface area contributed by atoms with Crippen LogP contribution in [0.3, 0.4) is 0 Å². The van der Waals surface area contributed by atoms with Crippen molar-refractivity contribution in [3.05, 3.63) is 33.3 Å². The molecule has 0 aliphatic carbocycles. The van der Waals surface area contributed by atoms with Gasteiger partial charge in [0, 0.05) is 15.5 Å². The Morgan fingerprint density at radius 1 is 1.33 bits per heavy atom. The normalized spacial score (nSPS) is 14.5. The SMILES string of the molecule is CCCCC(CC)C(N)Cc1ccc(Br)cc1Cl. The van der Waals surface area contributed by atoms with Crippen LogP contribution in [0.5, 0.6) is 0 Å². The molecule has 0 fully saturated rings. The Balaban J connectivity index is 2.64. The zero-order valence-corrected chi connectivity index (χ0v) is 13.6. The number of rotatable bonds is 7. The molecule has 0 saturated heterocycles. The molecule has 2 N–H and O–H groups in total. The summed E-state index contributed by atoms with van der Waals surface area (Å²) in [5.41, 5.74) is 7.49. The molecule has 2 atom stereocenters. The first-order valence-electron chi connectivity index (χ1n) is 6.78. The molecule has 0 saturated carbocycles. The Morgan fingerprint density at radius 3 is 2.61 bits per heavy atom. The van der Waals surface area contributed by atoms with Crippen molar-refractivity contribution in [3.8, 4) is 0 Å². The smallest absolute Gasteiger partial charge is 0.0449 e. The van der Waals surface area contributed by atoms with Gasteiger partial charge in [0.1, 0.15) is 0 Å². The van der Waals surface area contributed by atoms with Crippen molar-refractivity contribution in [1.29, 1.82) is 0 Å². The van der Waals surface area contributed by atoms with E-state index in [9.17, 15) is 0 Å². The minimum Gasteiger partial charge on any atom is -0.327 e. The molecule has 0 radical (unpaired) electrons. The van der Waals surface area contributed by atoms with E-state index in [1.54, 1.807) is 0 Å². The number of halogens is 2. The Kier molecular flexibility index (Phi) is 7.28. The maximum atomic E-state index is 6.34. The van der Waals surface area contributed by atoms with Crippen LogP contribution in [0.25, 0.3) is 0 Å². The van der Waals surface area contributed by atoms with Crippen molar-refractivity contribution in [2.24, 2.45) is 11.7 Å². The molecular weight excluding hydrogens is 310 g/mol. The predicted octanol–water partition coefficient (Wildman–Crippen LogP) is 5.19. The van der Waals surface area contributed by atoms with Crippen LogP contribution in [0.1, 0.15) is 45.1 Å². The quantitative estimate of drug-likeness (QED) is 0.730. The number of hydrogen-bond donors (Lipinski definition) is 1. The van der Waals surface area contributed by atoms with Crippen LogP contribution in [-0.4, -0.2) is 6.04 Å². The van der Waals surface area contributed by atoms with Gasteiger partial charge in [-0.25, -0.2) is 0 Å². The fourth-order valence-corrected chi connectivity index (χ4v) is 3.05. The van der Waals surface area contributed by atoms with Gasteiger partial charge in [-0.15, -0.1) is 0 Å². The molecular formula is C15H23BrClN. The van der Waals surface area contributed by atoms with Gasteiger partial charge >= 0.3 is 0 Å². The first-order chi connectivity index (χ1) is 8.58. The summed E-state index contributed by atoms with van der Waals surface area (Å²) in [6, 6.07) is 6.25. The Morgan fingerprint density at radius 2 is 2.06 bits per heavy atom. The van der Waals surface area contributed by atoms with Gasteiger partial charge in [0.15, 0.2) is 0 Å². The lowest BCUT2D eigenvalue weighted by molar-refractivity contribution is 0.369. The van der Waals surface area contributed by atoms with E-state index in [4.69, 9.17) is 17.3 Å². The van der Waals surface area contributed by atoms with Gasteiger partial charge in [-0.2, -0.15) is 0 Å². The molecule has 0 aromatic heterocycles. The fraction of sp³-hybridized carbons (Fsp3) is 0.600. The summed E-state index contributed by atoms with van der Waals surface area (Å²) in [6.07, 6.45) is 5.74. The summed E-state index contributed by atoms with van der Waals surface area (Å²) in [4.78, 5) is 0. The third-order valence-corrected chi connectivity index (χ3v) is 4.37. The molecule has 0 aliphatic rings. The first-order valence-corrected chi connectivity index (χ1v) is 7.95. The highest BCUT2D eigenvalue weighted by Gasteiger charge is 2.17. The van der Waals surface area contributed by atoms with Crippen molar-refractivity contribution in [2.75, 3.05) is 0 Å². The highest BCUT2D eigenvalue weighted by atomic mass is 79.9. The largest absolute Gasteiger partial charge is 0.327 e. The molecule has 0 amide bonds. The lowest BCUT2D eigenvalue weighted by Crippen LogP contribution is -2.32. The highest BCUT2D eigenvalue weighted by Crippen LogP contribution is 2.25. The standard InChI is InChI=1S/C15H23BrClN/c1-3-5-6-11(4-2)15(18)9-12-7-8-13(16)10-14(12)17/h7-8,10-11,15H,3-6,9,18H2,1-2H3. The van der Waals surface area contributed by atoms with Crippen molar-refractivity contribution in [3.63, 3.8) is 0 Å². The van der Waals surface area contributed by atoms with Gasteiger partial charge in [0.05, 0.1) is 0 Å². The lowest BCUT2D eigenvalue weighted by atomic mass is 9.88. The molecule has 0 bridgehead atoms. The van der Waals surface area contributed by atoms with Crippen molar-refractivity contribution < 1.29 is 0 Å². The molecule has 3 heteroatoms. The Bertz CT molecular complexity index is 368. The monoisotopic (exact) mass is 331 g/mol. The fourth-order valence-electron chi connectivity index (χ4n) is 2.30. The van der Waals surface area contributed by atoms with Crippen LogP contribution in [0.15, 0.2) is 22.7 Å². The van der Waals surface area contributed by atoms with E-state index < -0.39 is 0 Å². The van der Waals surface area contributed by atoms with E-state index in [0.717, 1.165) is 27.9 Å². The summed E-state index contributed by atoms with van der Waals surface area (Å²) in [6.45, 7) is 4.45. The number of nitrogens with two attached hydrogens (primary N) is 1. The summed E-state index contributed by atoms with van der Waals surface area (Å²) in [5, 5.41) is 0.810. The topological polar surface area (TPSA) is 26.0 Å². The Hall–Kier alpha value is -0.0500. The number of benzene rings is 1. The van der Waals surface area contributed by atoms with Gasteiger partial charge in [-0.05, 0) is 36.5 Å². The maximum absolute atomic E-state index is 6.34. The minimum atomic E-state index is 0.209. The maximum Gasteiger partial charge on any atom is 0.0449 e. The summed E-state index contributed by atoms with van der Waals surface area (Å²) in [7, 11) is 0. The molecule has 1 aromatic carbocycles. The molecule has 18 heavy (non-hydrogen) atoms. The van der Waals surface area contributed by atoms with Crippen molar-refractivity contribution >= 4 is 27.5 Å². The van der Waals surface area contributed by atoms with Gasteiger partial charge in [-0.1, -0.05) is 66.7 Å². The second-order valence-corrected chi connectivity index (χ2v) is 6.24. The summed E-state index contributed by atoms with van der Waals surface area (Å²) in [5.74, 6) is 0.602. The predicted molar refractivity (Wildman–Crippen MR) is 84.1 cm³/mol. The van der Waals surface area contributed by atoms with E-state index in [-0.39, 0.29) is 6.04 Å². The van der Waals surface area contributed by atoms with E-state index in [0.29, 0.717) is 5.92 Å². The first kappa shape index (κ1) is 16.0. The van der Waals surface area contributed by atoms with Gasteiger partial charge in [0.2, 0.25) is 0 Å². The molecule has 2 unspecified atom stereocenters. The molecule has 102 valence electrons. The molecule has 0 spiro atoms. The molecule has 1 nitrogen and oxygen atoms in total. The summed E-state index contributed by atoms with van der Waals surface area (Å²) >= 11 is 9.66. The van der Waals surface area contributed by atoms with E-state index in [2.05, 4.69) is 35.8 Å². The minimum absolute atomic E-state index is 0.209. The van der Waals surface area contributed by atoms with E-state index in [1.165, 1.54) is 19.3 Å². The zero-order valence-electron chi connectivity index (χ0n) is 11.3.